The summed E-state index contributed by atoms with van der Waals surface area (Å²) in [7, 11) is 0. The van der Waals surface area contributed by atoms with Crippen molar-refractivity contribution in [2.75, 3.05) is 0 Å². The average molecular weight is 317 g/mol. The molecule has 0 fully saturated rings. The summed E-state index contributed by atoms with van der Waals surface area (Å²) in [6, 6.07) is 7.61. The van der Waals surface area contributed by atoms with Crippen molar-refractivity contribution in [1.82, 2.24) is 0 Å². The third kappa shape index (κ3) is 9.58. The third-order valence-corrected chi connectivity index (χ3v) is 4.81. The molecule has 0 aliphatic carbocycles. The topological polar surface area (TPSA) is 17.1 Å². The molecular weight excluding hydrogens is 280 g/mol. The summed E-state index contributed by atoms with van der Waals surface area (Å²) < 4.78 is 0. The van der Waals surface area contributed by atoms with Gasteiger partial charge in [-0.1, -0.05) is 95.8 Å². The van der Waals surface area contributed by atoms with Crippen LogP contribution in [0.3, 0.4) is 0 Å². The van der Waals surface area contributed by atoms with E-state index in [1.54, 1.807) is 6.07 Å². The van der Waals surface area contributed by atoms with Gasteiger partial charge < -0.3 is 0 Å². The van der Waals surface area contributed by atoms with E-state index in [1.165, 1.54) is 82.6 Å². The second-order valence-corrected chi connectivity index (χ2v) is 6.87. The first-order valence-corrected chi connectivity index (χ1v) is 9.84. The van der Waals surface area contributed by atoms with E-state index in [1.807, 2.05) is 19.1 Å². The highest BCUT2D eigenvalue weighted by molar-refractivity contribution is 5.24. The predicted molar refractivity (Wildman–Crippen MR) is 102 cm³/mol. The Morgan fingerprint density at radius 3 is 1.74 bits per heavy atom. The van der Waals surface area contributed by atoms with Crippen LogP contribution in [0, 0.1) is 6.92 Å². The van der Waals surface area contributed by atoms with E-state index in [2.05, 4.69) is 13.0 Å². The van der Waals surface area contributed by atoms with Gasteiger partial charge in [0.2, 0.25) is 0 Å². The van der Waals surface area contributed by atoms with E-state index in [4.69, 9.17) is 0 Å². The molecule has 0 radical (unpaired) electrons. The van der Waals surface area contributed by atoms with Gasteiger partial charge in [0.25, 0.3) is 0 Å². The zero-order valence-corrected chi connectivity index (χ0v) is 15.4. The lowest BCUT2D eigenvalue weighted by Gasteiger charge is -2.04. The Kier molecular flexibility index (Phi) is 11.6. The fourth-order valence-corrected chi connectivity index (χ4v) is 3.15. The molecule has 0 atom stereocenters. The van der Waals surface area contributed by atoms with E-state index in [9.17, 15) is 4.79 Å². The molecule has 0 heterocycles. The minimum atomic E-state index is 0.170. The van der Waals surface area contributed by atoms with E-state index < -0.39 is 0 Å². The molecule has 23 heavy (non-hydrogen) atoms. The molecule has 0 saturated carbocycles. The Hall–Kier alpha value is -1.11. The summed E-state index contributed by atoms with van der Waals surface area (Å²) in [4.78, 5) is 11.8. The van der Waals surface area contributed by atoms with Crippen LogP contribution >= 0.6 is 0 Å². The second-order valence-electron chi connectivity index (χ2n) is 6.87. The monoisotopic (exact) mass is 316 g/mol. The highest BCUT2D eigenvalue weighted by Gasteiger charge is 2.00. The first kappa shape index (κ1) is 19.9. The largest absolute Gasteiger partial charge is 0.290 e. The van der Waals surface area contributed by atoms with E-state index in [-0.39, 0.29) is 5.43 Å². The van der Waals surface area contributed by atoms with Gasteiger partial charge in [-0.2, -0.15) is 0 Å². The van der Waals surface area contributed by atoms with Crippen LogP contribution in [-0.4, -0.2) is 0 Å². The molecule has 0 bridgehead atoms. The fraction of sp³-hybridized carbons (Fsp3) is 0.682. The van der Waals surface area contributed by atoms with Crippen LogP contribution in [0.2, 0.25) is 0 Å². The standard InChI is InChI=1S/C22H36O/c1-3-4-5-6-7-8-9-10-11-12-13-14-17-21-18-15-16-19-22(23)20(21)2/h15-16,18-19H,3-14,17H2,1-2H3. The maximum absolute atomic E-state index is 11.8. The van der Waals surface area contributed by atoms with Gasteiger partial charge in [0.05, 0.1) is 0 Å². The molecule has 0 aromatic heterocycles. The summed E-state index contributed by atoms with van der Waals surface area (Å²) in [6.45, 7) is 4.23. The van der Waals surface area contributed by atoms with Crippen molar-refractivity contribution in [3.8, 4) is 0 Å². The summed E-state index contributed by atoms with van der Waals surface area (Å²) in [5.41, 5.74) is 2.33. The van der Waals surface area contributed by atoms with Crippen molar-refractivity contribution in [1.29, 1.82) is 0 Å². The summed E-state index contributed by atoms with van der Waals surface area (Å²) in [5.74, 6) is 0. The zero-order valence-electron chi connectivity index (χ0n) is 15.4. The predicted octanol–water partition coefficient (Wildman–Crippen LogP) is 6.60. The van der Waals surface area contributed by atoms with Crippen molar-refractivity contribution in [3.63, 3.8) is 0 Å². The Labute approximate surface area is 143 Å². The minimum Gasteiger partial charge on any atom is -0.290 e. The highest BCUT2D eigenvalue weighted by Crippen LogP contribution is 2.13. The highest BCUT2D eigenvalue weighted by atomic mass is 16.1. The van der Waals surface area contributed by atoms with Gasteiger partial charge in [-0.15, -0.1) is 0 Å². The first-order valence-electron chi connectivity index (χ1n) is 9.84. The van der Waals surface area contributed by atoms with E-state index >= 15 is 0 Å². The molecule has 1 heteroatoms. The van der Waals surface area contributed by atoms with E-state index in [0.29, 0.717) is 0 Å². The Bertz CT molecular complexity index is 464. The zero-order chi connectivity index (χ0) is 16.8. The van der Waals surface area contributed by atoms with Crippen LogP contribution in [-0.2, 0) is 6.42 Å². The van der Waals surface area contributed by atoms with Crippen molar-refractivity contribution in [2.45, 2.75) is 97.3 Å². The maximum atomic E-state index is 11.8. The van der Waals surface area contributed by atoms with E-state index in [0.717, 1.165) is 12.0 Å². The van der Waals surface area contributed by atoms with Gasteiger partial charge in [-0.3, -0.25) is 4.79 Å². The minimum absolute atomic E-state index is 0.170. The van der Waals surface area contributed by atoms with Crippen LogP contribution in [0.25, 0.3) is 0 Å². The molecule has 1 aromatic carbocycles. The number of hydrogen-bond acceptors (Lipinski definition) is 1. The number of rotatable bonds is 13. The number of unbranched alkanes of at least 4 members (excludes halogenated alkanes) is 11. The van der Waals surface area contributed by atoms with Crippen LogP contribution in [0.15, 0.2) is 29.1 Å². The van der Waals surface area contributed by atoms with Crippen LogP contribution in [0.5, 0.6) is 0 Å². The molecule has 0 aliphatic heterocycles. The quantitative estimate of drug-likeness (QED) is 0.375. The lowest BCUT2D eigenvalue weighted by molar-refractivity contribution is 0.544. The molecule has 0 unspecified atom stereocenters. The van der Waals surface area contributed by atoms with Crippen molar-refractivity contribution < 1.29 is 0 Å². The molecule has 130 valence electrons. The van der Waals surface area contributed by atoms with Gasteiger partial charge in [0.1, 0.15) is 0 Å². The number of hydrogen-bond donors (Lipinski definition) is 0. The van der Waals surface area contributed by atoms with Crippen LogP contribution < -0.4 is 5.43 Å². The Morgan fingerprint density at radius 2 is 1.17 bits per heavy atom. The lowest BCUT2D eigenvalue weighted by atomic mass is 10.0. The molecule has 1 rings (SSSR count). The molecule has 0 saturated heterocycles. The molecule has 0 N–H and O–H groups in total. The first-order chi connectivity index (χ1) is 11.3. The number of aryl methyl sites for hydroxylation is 1. The summed E-state index contributed by atoms with van der Waals surface area (Å²) in [6.07, 6.45) is 17.6. The maximum Gasteiger partial charge on any atom is 0.181 e. The smallest absolute Gasteiger partial charge is 0.181 e. The second kappa shape index (κ2) is 13.3. The summed E-state index contributed by atoms with van der Waals surface area (Å²) in [5, 5.41) is 0. The molecule has 1 aromatic rings. The Balaban J connectivity index is 1.99. The average Bonchev–Trinajstić information content (AvgIpc) is 2.71. The Morgan fingerprint density at radius 1 is 0.696 bits per heavy atom. The molecule has 1 nitrogen and oxygen atoms in total. The van der Waals surface area contributed by atoms with Gasteiger partial charge in [-0.25, -0.2) is 0 Å². The fourth-order valence-electron chi connectivity index (χ4n) is 3.15. The third-order valence-electron chi connectivity index (χ3n) is 4.81. The SMILES string of the molecule is CCCCCCCCCCCCCCc1ccccc(=O)c1C. The molecule has 0 spiro atoms. The summed E-state index contributed by atoms with van der Waals surface area (Å²) >= 11 is 0. The molecule has 0 aliphatic rings. The van der Waals surface area contributed by atoms with Gasteiger partial charge in [-0.05, 0) is 37.0 Å². The van der Waals surface area contributed by atoms with Crippen molar-refractivity contribution in [2.24, 2.45) is 0 Å². The van der Waals surface area contributed by atoms with Crippen LogP contribution in [0.4, 0.5) is 0 Å². The van der Waals surface area contributed by atoms with Gasteiger partial charge in [0, 0.05) is 0 Å². The van der Waals surface area contributed by atoms with Gasteiger partial charge in [0.15, 0.2) is 5.43 Å². The molecular formula is C22H36O. The van der Waals surface area contributed by atoms with Crippen LogP contribution in [0.1, 0.15) is 95.1 Å². The molecule has 0 amide bonds. The normalized spacial score (nSPS) is 10.9. The van der Waals surface area contributed by atoms with Gasteiger partial charge >= 0.3 is 0 Å². The van der Waals surface area contributed by atoms with Crippen molar-refractivity contribution >= 4 is 0 Å². The van der Waals surface area contributed by atoms with Crippen molar-refractivity contribution in [3.05, 3.63) is 45.6 Å². The lowest BCUT2D eigenvalue weighted by Crippen LogP contribution is -2.02.